The van der Waals surface area contributed by atoms with Gasteiger partial charge in [-0.05, 0) is 42.8 Å². The molecule has 142 valence electrons. The van der Waals surface area contributed by atoms with E-state index in [1.165, 1.54) is 17.8 Å². The van der Waals surface area contributed by atoms with Gasteiger partial charge in [-0.25, -0.2) is 9.37 Å². The molecule has 4 rings (SSSR count). The molecule has 0 saturated heterocycles. The third-order valence-corrected chi connectivity index (χ3v) is 5.13. The van der Waals surface area contributed by atoms with Gasteiger partial charge in [-0.15, -0.1) is 0 Å². The summed E-state index contributed by atoms with van der Waals surface area (Å²) >= 11 is 1.48. The van der Waals surface area contributed by atoms with Crippen LogP contribution in [-0.4, -0.2) is 26.8 Å². The van der Waals surface area contributed by atoms with Crippen molar-refractivity contribution in [1.82, 2.24) is 19.7 Å². The number of benzene rings is 2. The van der Waals surface area contributed by atoms with E-state index in [-0.39, 0.29) is 5.82 Å². The number of methoxy groups -OCH3 is 1. The van der Waals surface area contributed by atoms with Crippen molar-refractivity contribution in [2.75, 3.05) is 7.11 Å². The van der Waals surface area contributed by atoms with Gasteiger partial charge in [0.15, 0.2) is 5.16 Å². The zero-order valence-electron chi connectivity index (χ0n) is 15.3. The molecular weight excluding hydrogens is 379 g/mol. The second-order valence-electron chi connectivity index (χ2n) is 6.04. The summed E-state index contributed by atoms with van der Waals surface area (Å²) in [6.45, 7) is 1.71. The zero-order chi connectivity index (χ0) is 19.5. The minimum atomic E-state index is -0.292. The monoisotopic (exact) mass is 396 g/mol. The van der Waals surface area contributed by atoms with Crippen LogP contribution in [0.5, 0.6) is 5.75 Å². The molecule has 0 amide bonds. The molecule has 28 heavy (non-hydrogen) atoms. The fourth-order valence-corrected chi connectivity index (χ4v) is 3.44. The fourth-order valence-electron chi connectivity index (χ4n) is 2.62. The van der Waals surface area contributed by atoms with Crippen molar-refractivity contribution < 1.29 is 13.7 Å². The van der Waals surface area contributed by atoms with Gasteiger partial charge in [0.1, 0.15) is 11.6 Å². The number of ether oxygens (including phenoxy) is 1. The maximum Gasteiger partial charge on any atom is 0.237 e. The maximum atomic E-state index is 13.7. The average Bonchev–Trinajstić information content (AvgIpc) is 3.38. The Morgan fingerprint density at radius 2 is 2.00 bits per heavy atom. The number of nitrogens with zero attached hydrogens (tertiary/aromatic N) is 4. The summed E-state index contributed by atoms with van der Waals surface area (Å²) < 4.78 is 26.2. The molecule has 4 aromatic rings. The standard InChI is InChI=1S/C20H17FN4O2S/c1-13-3-4-14(11-17(13)21)19-23-18(27-24-19)12-28-20-22-9-10-25(20)15-5-7-16(26-2)8-6-15/h3-11H,12H2,1-2H3. The lowest BCUT2D eigenvalue weighted by molar-refractivity contribution is 0.391. The highest BCUT2D eigenvalue weighted by Gasteiger charge is 2.13. The summed E-state index contributed by atoms with van der Waals surface area (Å²) in [5.74, 6) is 1.77. The summed E-state index contributed by atoms with van der Waals surface area (Å²) in [6.07, 6.45) is 3.62. The Morgan fingerprint density at radius 1 is 1.18 bits per heavy atom. The number of imidazole rings is 1. The van der Waals surface area contributed by atoms with E-state index in [4.69, 9.17) is 9.26 Å². The van der Waals surface area contributed by atoms with Crippen LogP contribution in [0.15, 0.2) is 64.5 Å². The van der Waals surface area contributed by atoms with Crippen molar-refractivity contribution in [3.8, 4) is 22.8 Å². The van der Waals surface area contributed by atoms with Gasteiger partial charge in [0.05, 0.1) is 12.9 Å². The first-order valence-corrected chi connectivity index (χ1v) is 9.52. The van der Waals surface area contributed by atoms with Crippen LogP contribution in [0.4, 0.5) is 4.39 Å². The molecule has 8 heteroatoms. The normalized spacial score (nSPS) is 11.0. The molecule has 2 aromatic heterocycles. The Morgan fingerprint density at radius 3 is 2.75 bits per heavy atom. The lowest BCUT2D eigenvalue weighted by Crippen LogP contribution is -1.95. The highest BCUT2D eigenvalue weighted by molar-refractivity contribution is 7.98. The summed E-state index contributed by atoms with van der Waals surface area (Å²) in [4.78, 5) is 8.75. The molecule has 0 saturated carbocycles. The highest BCUT2D eigenvalue weighted by Crippen LogP contribution is 2.26. The predicted octanol–water partition coefficient (Wildman–Crippen LogP) is 4.67. The van der Waals surface area contributed by atoms with E-state index in [1.54, 1.807) is 32.4 Å². The van der Waals surface area contributed by atoms with Crippen molar-refractivity contribution in [3.63, 3.8) is 0 Å². The van der Waals surface area contributed by atoms with E-state index in [2.05, 4.69) is 15.1 Å². The number of rotatable bonds is 6. The van der Waals surface area contributed by atoms with Crippen molar-refractivity contribution in [2.24, 2.45) is 0 Å². The van der Waals surface area contributed by atoms with Gasteiger partial charge < -0.3 is 9.26 Å². The molecular formula is C20H17FN4O2S. The molecule has 0 aliphatic carbocycles. The number of thioether (sulfide) groups is 1. The van der Waals surface area contributed by atoms with Crippen molar-refractivity contribution in [3.05, 3.63) is 72.1 Å². The Hall–Kier alpha value is -3.13. The SMILES string of the molecule is COc1ccc(-n2ccnc2SCc2nc(-c3ccc(C)c(F)c3)no2)cc1. The lowest BCUT2D eigenvalue weighted by atomic mass is 10.1. The van der Waals surface area contributed by atoms with E-state index in [9.17, 15) is 4.39 Å². The van der Waals surface area contributed by atoms with Crippen molar-refractivity contribution in [1.29, 1.82) is 0 Å². The van der Waals surface area contributed by atoms with Crippen LogP contribution >= 0.6 is 11.8 Å². The first-order valence-electron chi connectivity index (χ1n) is 8.54. The van der Waals surface area contributed by atoms with E-state index in [0.717, 1.165) is 16.6 Å². The fraction of sp³-hybridized carbons (Fsp3) is 0.150. The van der Waals surface area contributed by atoms with E-state index in [0.29, 0.717) is 28.6 Å². The van der Waals surface area contributed by atoms with Gasteiger partial charge in [0.25, 0.3) is 0 Å². The molecule has 2 aromatic carbocycles. The number of hydrogen-bond acceptors (Lipinski definition) is 6. The van der Waals surface area contributed by atoms with Crippen molar-refractivity contribution >= 4 is 11.8 Å². The minimum Gasteiger partial charge on any atom is -0.497 e. The van der Waals surface area contributed by atoms with Crippen LogP contribution in [0.1, 0.15) is 11.5 Å². The Labute approximate surface area is 165 Å². The second-order valence-corrected chi connectivity index (χ2v) is 6.98. The minimum absolute atomic E-state index is 0.292. The third kappa shape index (κ3) is 3.77. The smallest absolute Gasteiger partial charge is 0.237 e. The first-order chi connectivity index (χ1) is 13.6. The molecule has 0 aliphatic heterocycles. The lowest BCUT2D eigenvalue weighted by Gasteiger charge is -2.07. The van der Waals surface area contributed by atoms with Gasteiger partial charge in [-0.2, -0.15) is 4.98 Å². The molecule has 0 aliphatic rings. The molecule has 0 atom stereocenters. The van der Waals surface area contributed by atoms with Gasteiger partial charge in [-0.1, -0.05) is 29.1 Å². The molecule has 2 heterocycles. The van der Waals surface area contributed by atoms with Gasteiger partial charge in [0, 0.05) is 23.6 Å². The molecule has 0 bridgehead atoms. The second kappa shape index (κ2) is 7.85. The van der Waals surface area contributed by atoms with Gasteiger partial charge in [0.2, 0.25) is 11.7 Å². The summed E-state index contributed by atoms with van der Waals surface area (Å²) in [7, 11) is 1.64. The topological polar surface area (TPSA) is 66.0 Å². The quantitative estimate of drug-likeness (QED) is 0.441. The van der Waals surface area contributed by atoms with Gasteiger partial charge in [-0.3, -0.25) is 4.57 Å². The number of hydrogen-bond donors (Lipinski definition) is 0. The van der Waals surface area contributed by atoms with E-state index in [1.807, 2.05) is 35.0 Å². The van der Waals surface area contributed by atoms with Crippen LogP contribution in [0.3, 0.4) is 0 Å². The number of halogens is 1. The summed E-state index contributed by atoms with van der Waals surface area (Å²) in [5, 5.41) is 4.75. The third-order valence-electron chi connectivity index (χ3n) is 4.18. The van der Waals surface area contributed by atoms with E-state index >= 15 is 0 Å². The number of aryl methyl sites for hydroxylation is 1. The molecule has 0 unspecified atom stereocenters. The van der Waals surface area contributed by atoms with Crippen LogP contribution in [0, 0.1) is 12.7 Å². The highest BCUT2D eigenvalue weighted by atomic mass is 32.2. The summed E-state index contributed by atoms with van der Waals surface area (Å²) in [6, 6.07) is 12.6. The largest absolute Gasteiger partial charge is 0.497 e. The molecule has 0 spiro atoms. The van der Waals surface area contributed by atoms with Crippen molar-refractivity contribution in [2.45, 2.75) is 17.8 Å². The average molecular weight is 396 g/mol. The van der Waals surface area contributed by atoms with Crippen LogP contribution in [0.25, 0.3) is 17.1 Å². The maximum absolute atomic E-state index is 13.7. The zero-order valence-corrected chi connectivity index (χ0v) is 16.1. The van der Waals surface area contributed by atoms with Crippen LogP contribution in [0.2, 0.25) is 0 Å². The Kier molecular flexibility index (Phi) is 5.12. The van der Waals surface area contributed by atoms with Crippen LogP contribution in [-0.2, 0) is 5.75 Å². The molecule has 6 nitrogen and oxygen atoms in total. The summed E-state index contributed by atoms with van der Waals surface area (Å²) in [5.41, 5.74) is 2.14. The van der Waals surface area contributed by atoms with Gasteiger partial charge >= 0.3 is 0 Å². The van der Waals surface area contributed by atoms with E-state index < -0.39 is 0 Å². The Balaban J connectivity index is 1.48. The Bertz CT molecular complexity index is 1090. The molecule has 0 radical (unpaired) electrons. The molecule has 0 fully saturated rings. The first kappa shape index (κ1) is 18.2. The number of aromatic nitrogens is 4. The molecule has 0 N–H and O–H groups in total. The van der Waals surface area contributed by atoms with Crippen LogP contribution < -0.4 is 4.74 Å². The predicted molar refractivity (Wildman–Crippen MR) is 104 cm³/mol.